The number of halogens is 2. The highest BCUT2D eigenvalue weighted by molar-refractivity contribution is 5.81. The van der Waals surface area contributed by atoms with Gasteiger partial charge in [-0.15, -0.1) is 0 Å². The summed E-state index contributed by atoms with van der Waals surface area (Å²) in [5.41, 5.74) is 2.06. The number of carbonyl (C=O) groups excluding carboxylic acids is 1. The maximum absolute atomic E-state index is 15.7. The first kappa shape index (κ1) is 28.1. The van der Waals surface area contributed by atoms with Gasteiger partial charge in [-0.25, -0.2) is 23.1 Å². The number of ether oxygens (including phenoxy) is 1. The van der Waals surface area contributed by atoms with Crippen molar-refractivity contribution in [3.63, 3.8) is 0 Å². The van der Waals surface area contributed by atoms with Crippen molar-refractivity contribution < 1.29 is 18.3 Å². The molecule has 0 bridgehead atoms. The van der Waals surface area contributed by atoms with Crippen LogP contribution in [0.4, 0.5) is 13.6 Å². The number of nitrogens with zero attached hydrogens (tertiary/aromatic N) is 7. The molecule has 0 spiro atoms. The van der Waals surface area contributed by atoms with Gasteiger partial charge in [0, 0.05) is 38.0 Å². The molecule has 3 aromatic heterocycles. The van der Waals surface area contributed by atoms with Crippen LogP contribution in [-0.2, 0) is 18.2 Å². The fourth-order valence-electron chi connectivity index (χ4n) is 6.10. The van der Waals surface area contributed by atoms with E-state index in [1.807, 2.05) is 27.7 Å². The summed E-state index contributed by atoms with van der Waals surface area (Å²) in [6.45, 7) is 7.68. The Bertz CT molecular complexity index is 2010. The number of rotatable bonds is 4. The summed E-state index contributed by atoms with van der Waals surface area (Å²) < 4.78 is 42.0. The van der Waals surface area contributed by atoms with Gasteiger partial charge in [0.1, 0.15) is 17.2 Å². The van der Waals surface area contributed by atoms with Crippen molar-refractivity contribution in [2.75, 3.05) is 6.54 Å². The predicted octanol–water partition coefficient (Wildman–Crippen LogP) is 5.71. The Morgan fingerprint density at radius 3 is 2.55 bits per heavy atom. The summed E-state index contributed by atoms with van der Waals surface area (Å²) in [6.07, 6.45) is 6.29. The van der Waals surface area contributed by atoms with Crippen molar-refractivity contribution >= 4 is 17.0 Å². The molecule has 12 heteroatoms. The number of aromatic nitrogens is 6. The lowest BCUT2D eigenvalue weighted by Gasteiger charge is -2.34. The molecule has 1 fully saturated rings. The molecule has 7 rings (SSSR count). The molecule has 1 atom stereocenters. The van der Waals surface area contributed by atoms with Crippen LogP contribution in [0.2, 0.25) is 0 Å². The van der Waals surface area contributed by atoms with E-state index >= 15 is 4.39 Å². The highest BCUT2D eigenvalue weighted by atomic mass is 19.1. The smallest absolute Gasteiger partial charge is 0.410 e. The molecule has 228 valence electrons. The van der Waals surface area contributed by atoms with Gasteiger partial charge in [0.15, 0.2) is 5.82 Å². The lowest BCUT2D eigenvalue weighted by molar-refractivity contribution is 0.0159. The Balaban J connectivity index is 1.41. The third kappa shape index (κ3) is 4.51. The third-order valence-electron chi connectivity index (χ3n) is 8.43. The van der Waals surface area contributed by atoms with Crippen molar-refractivity contribution in [2.45, 2.75) is 64.5 Å². The first-order valence-electron chi connectivity index (χ1n) is 14.7. The molecule has 0 saturated heterocycles. The molecule has 0 radical (unpaired) electrons. The number of imidazole rings is 1. The summed E-state index contributed by atoms with van der Waals surface area (Å²) in [5, 5.41) is 9.35. The van der Waals surface area contributed by atoms with Gasteiger partial charge < -0.3 is 9.64 Å². The summed E-state index contributed by atoms with van der Waals surface area (Å²) >= 11 is 0. The minimum Gasteiger partial charge on any atom is -0.444 e. The minimum absolute atomic E-state index is 0.0791. The fourth-order valence-corrected chi connectivity index (χ4v) is 6.10. The average molecular weight is 602 g/mol. The van der Waals surface area contributed by atoms with Gasteiger partial charge in [0.2, 0.25) is 0 Å². The fraction of sp³-hybridized carbons (Fsp3) is 0.375. The Hall–Kier alpha value is -4.74. The van der Waals surface area contributed by atoms with Crippen LogP contribution in [0.5, 0.6) is 0 Å². The highest BCUT2D eigenvalue weighted by Crippen LogP contribution is 2.42. The van der Waals surface area contributed by atoms with Gasteiger partial charge in [0.05, 0.1) is 40.2 Å². The van der Waals surface area contributed by atoms with Crippen LogP contribution in [0, 0.1) is 11.6 Å². The molecule has 10 nitrogen and oxygen atoms in total. The van der Waals surface area contributed by atoms with E-state index in [1.165, 1.54) is 27.6 Å². The molecule has 1 aliphatic carbocycles. The first-order chi connectivity index (χ1) is 20.9. The number of fused-ring (bicyclic) bond motifs is 2. The molecular weight excluding hydrogens is 568 g/mol. The molecule has 4 heterocycles. The molecule has 0 unspecified atom stereocenters. The van der Waals surface area contributed by atoms with E-state index in [-0.39, 0.29) is 17.4 Å². The molecule has 44 heavy (non-hydrogen) atoms. The minimum atomic E-state index is -0.689. The van der Waals surface area contributed by atoms with Crippen molar-refractivity contribution in [3.8, 4) is 17.2 Å². The predicted molar refractivity (Wildman–Crippen MR) is 160 cm³/mol. The second-order valence-corrected chi connectivity index (χ2v) is 12.6. The van der Waals surface area contributed by atoms with Crippen LogP contribution >= 0.6 is 0 Å². The average Bonchev–Trinajstić information content (AvgIpc) is 3.48. The van der Waals surface area contributed by atoms with E-state index in [4.69, 9.17) is 9.84 Å². The zero-order chi connectivity index (χ0) is 31.1. The number of benzene rings is 2. The van der Waals surface area contributed by atoms with E-state index in [0.29, 0.717) is 52.2 Å². The van der Waals surface area contributed by atoms with Crippen LogP contribution in [0.25, 0.3) is 28.1 Å². The zero-order valence-electron chi connectivity index (χ0n) is 25.2. The van der Waals surface area contributed by atoms with Gasteiger partial charge in [-0.3, -0.25) is 13.8 Å². The molecule has 0 N–H and O–H groups in total. The lowest BCUT2D eigenvalue weighted by Crippen LogP contribution is -2.42. The molecule has 5 aromatic rings. The molecule has 1 aliphatic heterocycles. The van der Waals surface area contributed by atoms with E-state index in [2.05, 4.69) is 5.10 Å². The molecular formula is C32H33F2N7O3. The molecule has 2 aliphatic rings. The standard InChI is InChI=1S/C32H33F2N7O3/c1-18-27-24(12-13-38(18)31(43)44-32(2,3)4)36-41(20-8-9-23(33)21(16-20)19-6-7-19)29(27)40-15-14-39(30(40)42)26-11-10-25-22(28(26)34)17-35-37(25)5/h8-11,14-19H,6-7,12-13H2,1-5H3/t18-/m0/s1. The Morgan fingerprint density at radius 2 is 1.82 bits per heavy atom. The number of amides is 1. The van der Waals surface area contributed by atoms with Gasteiger partial charge in [-0.1, -0.05) is 0 Å². The highest BCUT2D eigenvalue weighted by Gasteiger charge is 2.37. The van der Waals surface area contributed by atoms with E-state index < -0.39 is 29.2 Å². The number of aryl methyl sites for hydroxylation is 1. The summed E-state index contributed by atoms with van der Waals surface area (Å²) in [5.74, 6) is -0.285. The van der Waals surface area contributed by atoms with Gasteiger partial charge in [-0.2, -0.15) is 10.2 Å². The Morgan fingerprint density at radius 1 is 1.07 bits per heavy atom. The maximum atomic E-state index is 15.7. The second-order valence-electron chi connectivity index (χ2n) is 12.6. The van der Waals surface area contributed by atoms with Crippen molar-refractivity contribution in [2.24, 2.45) is 7.05 Å². The normalized spacial score (nSPS) is 16.9. The van der Waals surface area contributed by atoms with Gasteiger partial charge in [-0.05, 0) is 82.3 Å². The zero-order valence-corrected chi connectivity index (χ0v) is 25.2. The number of carbonyl (C=O) groups is 1. The SMILES string of the molecule is C[C@H]1c2c(nn(-c3ccc(F)c(C4CC4)c3)c2-n2ccn(-c3ccc4c(cnn4C)c3F)c2=O)CCN1C(=O)OC(C)(C)C. The lowest BCUT2D eigenvalue weighted by atomic mass is 10.00. The van der Waals surface area contributed by atoms with E-state index in [9.17, 15) is 14.0 Å². The van der Waals surface area contributed by atoms with E-state index in [1.54, 1.807) is 51.8 Å². The van der Waals surface area contributed by atoms with Crippen LogP contribution in [0.15, 0.2) is 53.7 Å². The molecule has 2 aromatic carbocycles. The van der Waals surface area contributed by atoms with Crippen molar-refractivity contribution in [1.82, 2.24) is 33.6 Å². The van der Waals surface area contributed by atoms with Crippen molar-refractivity contribution in [3.05, 3.63) is 87.9 Å². The largest absolute Gasteiger partial charge is 0.444 e. The Kier molecular flexibility index (Phi) is 6.31. The van der Waals surface area contributed by atoms with Crippen molar-refractivity contribution in [1.29, 1.82) is 0 Å². The topological polar surface area (TPSA) is 92.1 Å². The van der Waals surface area contributed by atoms with Gasteiger partial charge in [0.25, 0.3) is 0 Å². The first-order valence-corrected chi connectivity index (χ1v) is 14.7. The maximum Gasteiger partial charge on any atom is 0.410 e. The summed E-state index contributed by atoms with van der Waals surface area (Å²) in [4.78, 5) is 29.0. The monoisotopic (exact) mass is 601 g/mol. The van der Waals surface area contributed by atoms with Crippen LogP contribution in [-0.4, -0.2) is 51.8 Å². The van der Waals surface area contributed by atoms with Crippen LogP contribution < -0.4 is 5.69 Å². The van der Waals surface area contributed by atoms with Gasteiger partial charge >= 0.3 is 11.8 Å². The second kappa shape index (κ2) is 9.90. The summed E-state index contributed by atoms with van der Waals surface area (Å²) in [6, 6.07) is 7.61. The Labute approximate surface area is 252 Å². The number of hydrogen-bond acceptors (Lipinski definition) is 5. The summed E-state index contributed by atoms with van der Waals surface area (Å²) in [7, 11) is 1.72. The van der Waals surface area contributed by atoms with E-state index in [0.717, 1.165) is 12.8 Å². The quantitative estimate of drug-likeness (QED) is 0.263. The third-order valence-corrected chi connectivity index (χ3v) is 8.43. The van der Waals surface area contributed by atoms with Crippen LogP contribution in [0.1, 0.15) is 69.3 Å². The van der Waals surface area contributed by atoms with Crippen LogP contribution in [0.3, 0.4) is 0 Å². The number of hydrogen-bond donors (Lipinski definition) is 0. The molecule has 1 saturated carbocycles. The molecule has 1 amide bonds.